The number of nitrogens with one attached hydrogen (secondary N) is 1. The first kappa shape index (κ1) is 15.6. The molecule has 0 spiro atoms. The molecule has 6 heteroatoms. The topological polar surface area (TPSA) is 77.0 Å². The van der Waals surface area contributed by atoms with Crippen molar-refractivity contribution in [1.29, 1.82) is 0 Å². The highest BCUT2D eigenvalue weighted by molar-refractivity contribution is 6.04. The molecule has 1 aromatic carbocycles. The van der Waals surface area contributed by atoms with Gasteiger partial charge in [-0.1, -0.05) is 6.07 Å². The first-order chi connectivity index (χ1) is 11.6. The van der Waals surface area contributed by atoms with E-state index >= 15 is 0 Å². The zero-order valence-electron chi connectivity index (χ0n) is 13.4. The summed E-state index contributed by atoms with van der Waals surface area (Å²) in [6, 6.07) is 14.1. The first-order valence-corrected chi connectivity index (χ1v) is 7.42. The van der Waals surface area contributed by atoms with Crippen LogP contribution in [0.15, 0.2) is 54.7 Å². The van der Waals surface area contributed by atoms with Gasteiger partial charge < -0.3 is 10.1 Å². The Morgan fingerprint density at radius 2 is 1.92 bits per heavy atom. The normalized spacial score (nSPS) is 10.2. The van der Waals surface area contributed by atoms with E-state index in [1.807, 2.05) is 26.0 Å². The summed E-state index contributed by atoms with van der Waals surface area (Å²) >= 11 is 0. The highest BCUT2D eigenvalue weighted by atomic mass is 16.5. The Bertz CT molecular complexity index is 863. The number of carbonyl (C=O) groups is 1. The van der Waals surface area contributed by atoms with Gasteiger partial charge in [0.05, 0.1) is 5.69 Å². The van der Waals surface area contributed by atoms with Gasteiger partial charge in [-0.25, -0.2) is 4.98 Å². The van der Waals surface area contributed by atoms with Gasteiger partial charge >= 0.3 is 0 Å². The van der Waals surface area contributed by atoms with Crippen LogP contribution in [0.3, 0.4) is 0 Å². The average Bonchev–Trinajstić information content (AvgIpc) is 2.57. The van der Waals surface area contributed by atoms with Gasteiger partial charge in [-0.3, -0.25) is 4.79 Å². The van der Waals surface area contributed by atoms with Gasteiger partial charge in [-0.05, 0) is 55.8 Å². The molecule has 2 aromatic heterocycles. The van der Waals surface area contributed by atoms with Crippen molar-refractivity contribution in [2.45, 2.75) is 13.8 Å². The lowest BCUT2D eigenvalue weighted by Gasteiger charge is -2.08. The molecule has 1 amide bonds. The first-order valence-electron chi connectivity index (χ1n) is 7.42. The van der Waals surface area contributed by atoms with Crippen LogP contribution in [0.4, 0.5) is 5.82 Å². The maximum absolute atomic E-state index is 12.3. The fourth-order valence-corrected chi connectivity index (χ4v) is 2.06. The quantitative estimate of drug-likeness (QED) is 0.795. The van der Waals surface area contributed by atoms with Gasteiger partial charge in [0, 0.05) is 17.8 Å². The van der Waals surface area contributed by atoms with Gasteiger partial charge in [0.2, 0.25) is 5.88 Å². The Morgan fingerprint density at radius 1 is 1.04 bits per heavy atom. The molecule has 120 valence electrons. The molecule has 0 aliphatic carbocycles. The number of amides is 1. The Morgan fingerprint density at radius 3 is 2.67 bits per heavy atom. The Hall–Kier alpha value is -3.28. The third-order valence-electron chi connectivity index (χ3n) is 3.25. The molecular weight excluding hydrogens is 304 g/mol. The largest absolute Gasteiger partial charge is 0.438 e. The molecule has 0 saturated heterocycles. The molecule has 0 radical (unpaired) electrons. The summed E-state index contributed by atoms with van der Waals surface area (Å²) < 4.78 is 5.62. The number of hydrogen-bond acceptors (Lipinski definition) is 5. The molecule has 0 fully saturated rings. The van der Waals surface area contributed by atoms with Crippen LogP contribution in [0.1, 0.15) is 21.6 Å². The molecular formula is C18H16N4O2. The highest BCUT2D eigenvalue weighted by Gasteiger charge is 2.09. The molecule has 0 aliphatic rings. The lowest BCUT2D eigenvalue weighted by Crippen LogP contribution is -2.13. The molecule has 3 rings (SSSR count). The number of carbonyl (C=O) groups excluding carboxylic acids is 1. The van der Waals surface area contributed by atoms with Crippen molar-refractivity contribution < 1.29 is 9.53 Å². The van der Waals surface area contributed by atoms with E-state index in [0.29, 0.717) is 23.0 Å². The minimum Gasteiger partial charge on any atom is -0.438 e. The van der Waals surface area contributed by atoms with E-state index in [0.717, 1.165) is 11.3 Å². The van der Waals surface area contributed by atoms with Crippen LogP contribution in [-0.2, 0) is 0 Å². The summed E-state index contributed by atoms with van der Waals surface area (Å²) in [5.41, 5.74) is 2.30. The minimum atomic E-state index is -0.256. The van der Waals surface area contributed by atoms with Crippen molar-refractivity contribution in [1.82, 2.24) is 15.2 Å². The van der Waals surface area contributed by atoms with Gasteiger partial charge in [-0.2, -0.15) is 5.10 Å². The molecule has 0 saturated carbocycles. The standard InChI is InChI=1S/C18H16N4O2/c1-12-8-9-19-16(10-12)20-18(23)14-4-3-5-15(11-14)24-17-7-6-13(2)21-22-17/h3-11H,1-2H3,(H,19,20,23). The second-order valence-electron chi connectivity index (χ2n) is 5.32. The van der Waals surface area contributed by atoms with E-state index in [-0.39, 0.29) is 5.91 Å². The molecule has 3 aromatic rings. The second kappa shape index (κ2) is 6.87. The number of hydrogen-bond donors (Lipinski definition) is 1. The Labute approximate surface area is 139 Å². The third-order valence-corrected chi connectivity index (χ3v) is 3.25. The molecule has 6 nitrogen and oxygen atoms in total. The van der Waals surface area contributed by atoms with Crippen molar-refractivity contribution in [2.75, 3.05) is 5.32 Å². The number of benzene rings is 1. The van der Waals surface area contributed by atoms with Crippen LogP contribution in [0.2, 0.25) is 0 Å². The van der Waals surface area contributed by atoms with Crippen molar-refractivity contribution in [3.05, 3.63) is 71.5 Å². The summed E-state index contributed by atoms with van der Waals surface area (Å²) in [7, 11) is 0. The van der Waals surface area contributed by atoms with Crippen molar-refractivity contribution in [3.8, 4) is 11.6 Å². The van der Waals surface area contributed by atoms with E-state index in [1.165, 1.54) is 0 Å². The van der Waals surface area contributed by atoms with Gasteiger partial charge in [0.15, 0.2) is 0 Å². The molecule has 24 heavy (non-hydrogen) atoms. The van der Waals surface area contributed by atoms with Crippen LogP contribution in [0.25, 0.3) is 0 Å². The summed E-state index contributed by atoms with van der Waals surface area (Å²) in [6.45, 7) is 3.79. The minimum absolute atomic E-state index is 0.256. The van der Waals surface area contributed by atoms with Crippen molar-refractivity contribution in [2.24, 2.45) is 0 Å². The van der Waals surface area contributed by atoms with Gasteiger partial charge in [-0.15, -0.1) is 5.10 Å². The summed E-state index contributed by atoms with van der Waals surface area (Å²) in [6.07, 6.45) is 1.65. The molecule has 0 aliphatic heterocycles. The van der Waals surface area contributed by atoms with E-state index in [1.54, 1.807) is 42.6 Å². The third kappa shape index (κ3) is 3.92. The number of aryl methyl sites for hydroxylation is 2. The Kier molecular flexibility index (Phi) is 4.47. The van der Waals surface area contributed by atoms with Crippen LogP contribution in [-0.4, -0.2) is 21.1 Å². The number of aromatic nitrogens is 3. The molecule has 1 N–H and O–H groups in total. The van der Waals surface area contributed by atoms with Crippen molar-refractivity contribution >= 4 is 11.7 Å². The summed E-state index contributed by atoms with van der Waals surface area (Å²) in [5.74, 6) is 1.14. The number of ether oxygens (including phenoxy) is 1. The predicted octanol–water partition coefficient (Wildman–Crippen LogP) is 3.53. The predicted molar refractivity (Wildman–Crippen MR) is 90.2 cm³/mol. The molecule has 2 heterocycles. The average molecular weight is 320 g/mol. The molecule has 0 atom stereocenters. The monoisotopic (exact) mass is 320 g/mol. The number of pyridine rings is 1. The highest BCUT2D eigenvalue weighted by Crippen LogP contribution is 2.20. The number of nitrogens with zero attached hydrogens (tertiary/aromatic N) is 3. The summed E-state index contributed by atoms with van der Waals surface area (Å²) in [5, 5.41) is 10.6. The van der Waals surface area contributed by atoms with Crippen LogP contribution < -0.4 is 10.1 Å². The van der Waals surface area contributed by atoms with Gasteiger partial charge in [0.25, 0.3) is 5.91 Å². The maximum Gasteiger partial charge on any atom is 0.256 e. The summed E-state index contributed by atoms with van der Waals surface area (Å²) in [4.78, 5) is 16.5. The molecule has 0 bridgehead atoms. The molecule has 0 unspecified atom stereocenters. The smallest absolute Gasteiger partial charge is 0.256 e. The Balaban J connectivity index is 1.74. The second-order valence-corrected chi connectivity index (χ2v) is 5.32. The van der Waals surface area contributed by atoms with Crippen LogP contribution in [0, 0.1) is 13.8 Å². The van der Waals surface area contributed by atoms with Crippen molar-refractivity contribution in [3.63, 3.8) is 0 Å². The lowest BCUT2D eigenvalue weighted by atomic mass is 10.2. The van der Waals surface area contributed by atoms with E-state index in [4.69, 9.17) is 4.74 Å². The zero-order valence-corrected chi connectivity index (χ0v) is 13.4. The van der Waals surface area contributed by atoms with E-state index in [9.17, 15) is 4.79 Å². The SMILES string of the molecule is Cc1ccnc(NC(=O)c2cccc(Oc3ccc(C)nn3)c2)c1. The lowest BCUT2D eigenvalue weighted by molar-refractivity contribution is 0.102. The fraction of sp³-hybridized carbons (Fsp3) is 0.111. The zero-order chi connectivity index (χ0) is 16.9. The van der Waals surface area contributed by atoms with E-state index in [2.05, 4.69) is 20.5 Å². The van der Waals surface area contributed by atoms with Gasteiger partial charge in [0.1, 0.15) is 11.6 Å². The van der Waals surface area contributed by atoms with E-state index < -0.39 is 0 Å². The number of anilines is 1. The maximum atomic E-state index is 12.3. The van der Waals surface area contributed by atoms with Crippen LogP contribution >= 0.6 is 0 Å². The number of rotatable bonds is 4. The fourth-order valence-electron chi connectivity index (χ4n) is 2.06. The van der Waals surface area contributed by atoms with Crippen LogP contribution in [0.5, 0.6) is 11.6 Å².